The molecule has 1 aromatic carbocycles. The Morgan fingerprint density at radius 1 is 1.06 bits per heavy atom. The fraction of sp³-hybridized carbons (Fsp3) is 0.520. The predicted octanol–water partition coefficient (Wildman–Crippen LogP) is 5.14. The van der Waals surface area contributed by atoms with Crippen molar-refractivity contribution in [3.05, 3.63) is 58.9 Å². The summed E-state index contributed by atoms with van der Waals surface area (Å²) in [4.78, 5) is 30.3. The Labute approximate surface area is 191 Å². The number of benzene rings is 1. The molecule has 0 saturated carbocycles. The van der Waals surface area contributed by atoms with Crippen molar-refractivity contribution in [3.8, 4) is 0 Å². The fourth-order valence-corrected chi connectivity index (χ4v) is 4.35. The Balaban J connectivity index is 1.92. The molecule has 0 saturated heterocycles. The van der Waals surface area contributed by atoms with Crippen molar-refractivity contribution in [3.63, 3.8) is 0 Å². The maximum atomic E-state index is 13.6. The minimum atomic E-state index is -0.445. The summed E-state index contributed by atoms with van der Waals surface area (Å²) in [7, 11) is 0. The molecule has 0 bridgehead atoms. The van der Waals surface area contributed by atoms with Crippen LogP contribution in [-0.2, 0) is 16.1 Å². The molecule has 0 N–H and O–H groups in total. The summed E-state index contributed by atoms with van der Waals surface area (Å²) in [5.41, 5.74) is 1.45. The van der Waals surface area contributed by atoms with Crippen LogP contribution in [0.5, 0.6) is 0 Å². The zero-order valence-corrected chi connectivity index (χ0v) is 20.2. The molecule has 1 aliphatic heterocycles. The van der Waals surface area contributed by atoms with Gasteiger partial charge in [-0.15, -0.1) is 0 Å². The van der Waals surface area contributed by atoms with Crippen LogP contribution in [0.3, 0.4) is 0 Å². The quantitative estimate of drug-likeness (QED) is 0.657. The first-order valence-corrected chi connectivity index (χ1v) is 11.2. The molecule has 1 atom stereocenters. The lowest BCUT2D eigenvalue weighted by atomic mass is 9.90. The largest absolute Gasteiger partial charge is 0.348 e. The van der Waals surface area contributed by atoms with Gasteiger partial charge in [-0.25, -0.2) is 0 Å². The van der Waals surface area contributed by atoms with Gasteiger partial charge in [0, 0.05) is 42.0 Å². The van der Waals surface area contributed by atoms with E-state index in [0.29, 0.717) is 18.0 Å². The Bertz CT molecular complexity index is 952. The van der Waals surface area contributed by atoms with Crippen LogP contribution >= 0.6 is 11.6 Å². The summed E-state index contributed by atoms with van der Waals surface area (Å²) >= 11 is 6.28. The normalized spacial score (nSPS) is 16.7. The number of hydrogen-bond acceptors (Lipinski definition) is 2. The maximum absolute atomic E-state index is 13.6. The van der Waals surface area contributed by atoms with E-state index in [1.54, 1.807) is 4.90 Å². The van der Waals surface area contributed by atoms with E-state index in [1.165, 1.54) is 0 Å². The molecule has 0 radical (unpaired) electrons. The highest BCUT2D eigenvalue weighted by atomic mass is 35.5. The van der Waals surface area contributed by atoms with Gasteiger partial charge in [-0.2, -0.15) is 0 Å². The van der Waals surface area contributed by atoms with Crippen LogP contribution < -0.4 is 0 Å². The zero-order valence-electron chi connectivity index (χ0n) is 19.5. The maximum Gasteiger partial charge on any atom is 0.243 e. The first kappa shape index (κ1) is 23.4. The van der Waals surface area contributed by atoms with Crippen LogP contribution in [0.4, 0.5) is 0 Å². The van der Waals surface area contributed by atoms with Gasteiger partial charge in [0.25, 0.3) is 0 Å². The number of fused-ring (bicyclic) bond motifs is 1. The van der Waals surface area contributed by atoms with Crippen LogP contribution in [0.25, 0.3) is 0 Å². The van der Waals surface area contributed by atoms with E-state index in [4.69, 9.17) is 11.6 Å². The summed E-state index contributed by atoms with van der Waals surface area (Å²) in [5, 5.41) is 0.644. The van der Waals surface area contributed by atoms with Gasteiger partial charge in [0.15, 0.2) is 0 Å². The molecule has 6 heteroatoms. The van der Waals surface area contributed by atoms with Crippen molar-refractivity contribution >= 4 is 23.4 Å². The smallest absolute Gasteiger partial charge is 0.243 e. The Morgan fingerprint density at radius 3 is 2.39 bits per heavy atom. The third-order valence-corrected chi connectivity index (χ3v) is 5.84. The van der Waals surface area contributed by atoms with Gasteiger partial charge in [0.2, 0.25) is 11.8 Å². The second kappa shape index (κ2) is 8.70. The lowest BCUT2D eigenvalue weighted by molar-refractivity contribution is -0.147. The van der Waals surface area contributed by atoms with Gasteiger partial charge >= 0.3 is 0 Å². The average molecular weight is 444 g/mol. The number of amides is 2. The fourth-order valence-electron chi connectivity index (χ4n) is 4.15. The second-order valence-electron chi connectivity index (χ2n) is 10.6. The van der Waals surface area contributed by atoms with Gasteiger partial charge in [-0.05, 0) is 56.0 Å². The van der Waals surface area contributed by atoms with Crippen LogP contribution in [0.15, 0.2) is 42.6 Å². The number of rotatable bonds is 4. The molecule has 2 heterocycles. The highest BCUT2D eigenvalue weighted by molar-refractivity contribution is 6.30. The van der Waals surface area contributed by atoms with Gasteiger partial charge in [-0.1, -0.05) is 44.5 Å². The minimum absolute atomic E-state index is 0.00744. The predicted molar refractivity (Wildman–Crippen MR) is 125 cm³/mol. The highest BCUT2D eigenvalue weighted by Crippen LogP contribution is 2.34. The summed E-state index contributed by atoms with van der Waals surface area (Å²) < 4.78 is 2.18. The molecule has 1 unspecified atom stereocenters. The molecule has 3 rings (SSSR count). The standard InChI is InChI=1S/C25H34ClN3O2/c1-24(2,3)16-21(30)29(25(4,5)6)17-22(31)28-14-13-27-12-8-11-20(27)23(28)18-9-7-10-19(26)15-18/h7-12,15,23H,13-14,16-17H2,1-6H3. The molecule has 0 aliphatic carbocycles. The molecular formula is C25H34ClN3O2. The molecule has 1 aromatic heterocycles. The zero-order chi connectivity index (χ0) is 23.0. The van der Waals surface area contributed by atoms with E-state index in [0.717, 1.165) is 17.8 Å². The van der Waals surface area contributed by atoms with E-state index in [1.807, 2.05) is 83.0 Å². The van der Waals surface area contributed by atoms with Crippen LogP contribution in [0.1, 0.15) is 65.3 Å². The van der Waals surface area contributed by atoms with Gasteiger partial charge in [0.05, 0.1) is 6.04 Å². The number of aromatic nitrogens is 1. The highest BCUT2D eigenvalue weighted by Gasteiger charge is 2.36. The molecule has 31 heavy (non-hydrogen) atoms. The SMILES string of the molecule is CC(C)(C)CC(=O)N(CC(=O)N1CCn2cccc2C1c1cccc(Cl)c1)C(C)(C)C. The summed E-state index contributed by atoms with van der Waals surface area (Å²) in [5.74, 6) is -0.0392. The van der Waals surface area contributed by atoms with Crippen molar-refractivity contribution in [2.45, 2.75) is 66.1 Å². The Kier molecular flexibility index (Phi) is 6.56. The second-order valence-corrected chi connectivity index (χ2v) is 11.0. The topological polar surface area (TPSA) is 45.6 Å². The van der Waals surface area contributed by atoms with Gasteiger partial charge in [0.1, 0.15) is 6.54 Å². The molecule has 5 nitrogen and oxygen atoms in total. The lowest BCUT2D eigenvalue weighted by Crippen LogP contribution is -2.53. The van der Waals surface area contributed by atoms with Crippen molar-refractivity contribution in [1.82, 2.24) is 14.4 Å². The van der Waals surface area contributed by atoms with E-state index in [-0.39, 0.29) is 29.8 Å². The molecule has 2 aromatic rings. The first-order chi connectivity index (χ1) is 14.4. The van der Waals surface area contributed by atoms with E-state index < -0.39 is 5.54 Å². The van der Waals surface area contributed by atoms with Crippen LogP contribution in [0.2, 0.25) is 5.02 Å². The number of carbonyl (C=O) groups excluding carboxylic acids is 2. The third kappa shape index (κ3) is 5.51. The first-order valence-electron chi connectivity index (χ1n) is 10.9. The Hall–Kier alpha value is -2.27. The number of hydrogen-bond donors (Lipinski definition) is 0. The Morgan fingerprint density at radius 2 is 1.77 bits per heavy atom. The minimum Gasteiger partial charge on any atom is -0.348 e. The molecule has 0 fully saturated rings. The van der Waals surface area contributed by atoms with E-state index in [9.17, 15) is 9.59 Å². The summed E-state index contributed by atoms with van der Waals surface area (Å²) in [6.07, 6.45) is 2.45. The molecular weight excluding hydrogens is 410 g/mol. The number of carbonyl (C=O) groups is 2. The molecule has 168 valence electrons. The van der Waals surface area contributed by atoms with Crippen molar-refractivity contribution in [2.24, 2.45) is 5.41 Å². The van der Waals surface area contributed by atoms with E-state index >= 15 is 0 Å². The number of halogens is 1. The van der Waals surface area contributed by atoms with Crippen LogP contribution in [0, 0.1) is 5.41 Å². The molecule has 1 aliphatic rings. The molecule has 0 spiro atoms. The third-order valence-electron chi connectivity index (χ3n) is 5.61. The van der Waals surface area contributed by atoms with Crippen molar-refractivity contribution in [1.29, 1.82) is 0 Å². The van der Waals surface area contributed by atoms with Gasteiger partial charge in [-0.3, -0.25) is 9.59 Å². The molecule has 2 amide bonds. The van der Waals surface area contributed by atoms with Gasteiger partial charge < -0.3 is 14.4 Å². The summed E-state index contributed by atoms with van der Waals surface area (Å²) in [6, 6.07) is 11.5. The number of nitrogens with zero attached hydrogens (tertiary/aromatic N) is 3. The monoisotopic (exact) mass is 443 g/mol. The van der Waals surface area contributed by atoms with E-state index in [2.05, 4.69) is 10.6 Å². The average Bonchev–Trinajstić information content (AvgIpc) is 3.11. The lowest BCUT2D eigenvalue weighted by Gasteiger charge is -2.41. The van der Waals surface area contributed by atoms with Crippen molar-refractivity contribution < 1.29 is 9.59 Å². The summed E-state index contributed by atoms with van der Waals surface area (Å²) in [6.45, 7) is 13.5. The van der Waals surface area contributed by atoms with Crippen molar-refractivity contribution in [2.75, 3.05) is 13.1 Å². The van der Waals surface area contributed by atoms with Crippen LogP contribution in [-0.4, -0.2) is 44.8 Å².